The van der Waals surface area contributed by atoms with Crippen LogP contribution in [0.3, 0.4) is 0 Å². The fraction of sp³-hybridized carbons (Fsp3) is 0.312. The minimum Gasteiger partial charge on any atom is -0.368 e. The minimum atomic E-state index is 0.658. The quantitative estimate of drug-likeness (QED) is 0.912. The van der Waals surface area contributed by atoms with E-state index in [1.807, 2.05) is 19.1 Å². The summed E-state index contributed by atoms with van der Waals surface area (Å²) in [6.07, 6.45) is 0.883. The Morgan fingerprint density at radius 2 is 2.05 bits per heavy atom. The highest BCUT2D eigenvalue weighted by Crippen LogP contribution is 2.25. The number of anilines is 1. The number of halogens is 1. The summed E-state index contributed by atoms with van der Waals surface area (Å²) in [4.78, 5) is 6.78. The highest BCUT2D eigenvalue weighted by Gasteiger charge is 2.09. The zero-order chi connectivity index (χ0) is 14.5. The van der Waals surface area contributed by atoms with Gasteiger partial charge >= 0.3 is 0 Å². The highest BCUT2D eigenvalue weighted by molar-refractivity contribution is 9.10. The fourth-order valence-corrected chi connectivity index (χ4v) is 2.62. The van der Waals surface area contributed by atoms with Crippen LogP contribution in [0.15, 0.2) is 40.9 Å². The number of hydrogen-bond donors (Lipinski definition) is 1. The van der Waals surface area contributed by atoms with Crippen molar-refractivity contribution in [3.8, 4) is 0 Å². The van der Waals surface area contributed by atoms with E-state index < -0.39 is 0 Å². The molecule has 20 heavy (non-hydrogen) atoms. The van der Waals surface area contributed by atoms with Gasteiger partial charge in [-0.3, -0.25) is 4.98 Å². The van der Waals surface area contributed by atoms with Crippen LogP contribution in [-0.4, -0.2) is 18.6 Å². The van der Waals surface area contributed by atoms with Crippen LogP contribution in [0.5, 0.6) is 0 Å². The molecule has 0 atom stereocenters. The molecule has 0 bridgehead atoms. The molecule has 2 rings (SSSR count). The molecule has 1 heterocycles. The SMILES string of the molecule is Cc1cccc(CN(C)c2cc(Br)ccc2CCN)n1. The maximum absolute atomic E-state index is 5.70. The Hall–Kier alpha value is -1.39. The molecule has 0 saturated heterocycles. The summed E-state index contributed by atoms with van der Waals surface area (Å²) in [5.41, 5.74) is 10.3. The van der Waals surface area contributed by atoms with Gasteiger partial charge < -0.3 is 10.6 Å². The molecule has 1 aromatic carbocycles. The summed E-state index contributed by atoms with van der Waals surface area (Å²) in [6, 6.07) is 12.5. The molecule has 0 fully saturated rings. The van der Waals surface area contributed by atoms with Crippen molar-refractivity contribution < 1.29 is 0 Å². The first-order chi connectivity index (χ1) is 9.60. The van der Waals surface area contributed by atoms with Crippen LogP contribution >= 0.6 is 15.9 Å². The lowest BCUT2D eigenvalue weighted by atomic mass is 10.1. The molecule has 0 aliphatic heterocycles. The van der Waals surface area contributed by atoms with Crippen LogP contribution in [0.25, 0.3) is 0 Å². The molecular formula is C16H20BrN3. The van der Waals surface area contributed by atoms with Crippen molar-refractivity contribution in [2.24, 2.45) is 5.73 Å². The fourth-order valence-electron chi connectivity index (χ4n) is 2.27. The van der Waals surface area contributed by atoms with E-state index in [-0.39, 0.29) is 0 Å². The molecule has 0 amide bonds. The number of nitrogens with two attached hydrogens (primary N) is 1. The van der Waals surface area contributed by atoms with E-state index in [9.17, 15) is 0 Å². The minimum absolute atomic E-state index is 0.658. The number of benzene rings is 1. The van der Waals surface area contributed by atoms with E-state index in [2.05, 4.69) is 57.1 Å². The Balaban J connectivity index is 2.23. The van der Waals surface area contributed by atoms with Gasteiger partial charge in [-0.15, -0.1) is 0 Å². The van der Waals surface area contributed by atoms with E-state index in [0.29, 0.717) is 6.54 Å². The molecular weight excluding hydrogens is 314 g/mol. The standard InChI is InChI=1S/C16H20BrN3/c1-12-4-3-5-15(19-12)11-20(2)16-10-14(17)7-6-13(16)8-9-18/h3-7,10H,8-9,11,18H2,1-2H3. The van der Waals surface area contributed by atoms with Gasteiger partial charge in [0.2, 0.25) is 0 Å². The zero-order valence-electron chi connectivity index (χ0n) is 11.9. The largest absolute Gasteiger partial charge is 0.368 e. The first-order valence-corrected chi connectivity index (χ1v) is 7.51. The molecule has 0 aliphatic rings. The average Bonchev–Trinajstić information content (AvgIpc) is 2.41. The van der Waals surface area contributed by atoms with Gasteiger partial charge in [-0.2, -0.15) is 0 Å². The van der Waals surface area contributed by atoms with Gasteiger partial charge in [0.05, 0.1) is 12.2 Å². The van der Waals surface area contributed by atoms with Crippen molar-refractivity contribution in [1.29, 1.82) is 0 Å². The second-order valence-electron chi connectivity index (χ2n) is 4.94. The number of aromatic nitrogens is 1. The van der Waals surface area contributed by atoms with Gasteiger partial charge in [0.15, 0.2) is 0 Å². The third-order valence-corrected chi connectivity index (χ3v) is 3.71. The summed E-state index contributed by atoms with van der Waals surface area (Å²) < 4.78 is 1.08. The van der Waals surface area contributed by atoms with E-state index in [4.69, 9.17) is 5.73 Å². The summed E-state index contributed by atoms with van der Waals surface area (Å²) >= 11 is 3.54. The molecule has 0 saturated carbocycles. The molecule has 3 nitrogen and oxygen atoms in total. The van der Waals surface area contributed by atoms with E-state index in [1.165, 1.54) is 11.3 Å². The van der Waals surface area contributed by atoms with E-state index >= 15 is 0 Å². The third kappa shape index (κ3) is 3.81. The van der Waals surface area contributed by atoms with Crippen LogP contribution in [0, 0.1) is 6.92 Å². The van der Waals surface area contributed by atoms with Crippen LogP contribution in [0.4, 0.5) is 5.69 Å². The monoisotopic (exact) mass is 333 g/mol. The third-order valence-electron chi connectivity index (χ3n) is 3.22. The van der Waals surface area contributed by atoms with E-state index in [0.717, 1.165) is 28.8 Å². The van der Waals surface area contributed by atoms with Crippen molar-refractivity contribution in [2.45, 2.75) is 19.9 Å². The van der Waals surface area contributed by atoms with Crippen LogP contribution in [-0.2, 0) is 13.0 Å². The van der Waals surface area contributed by atoms with Crippen molar-refractivity contribution in [3.63, 3.8) is 0 Å². The summed E-state index contributed by atoms with van der Waals surface area (Å²) in [7, 11) is 2.09. The van der Waals surface area contributed by atoms with Crippen molar-refractivity contribution in [3.05, 3.63) is 57.8 Å². The number of hydrogen-bond acceptors (Lipinski definition) is 3. The maximum Gasteiger partial charge on any atom is 0.0600 e. The first kappa shape index (κ1) is 15.0. The second-order valence-corrected chi connectivity index (χ2v) is 5.85. The van der Waals surface area contributed by atoms with Crippen LogP contribution < -0.4 is 10.6 Å². The van der Waals surface area contributed by atoms with Gasteiger partial charge in [0, 0.05) is 22.9 Å². The summed E-state index contributed by atoms with van der Waals surface area (Å²) in [5, 5.41) is 0. The molecule has 0 radical (unpaired) electrons. The predicted molar refractivity (Wildman–Crippen MR) is 88.0 cm³/mol. The van der Waals surface area contributed by atoms with Crippen molar-refractivity contribution >= 4 is 21.6 Å². The summed E-state index contributed by atoms with van der Waals surface area (Å²) in [5.74, 6) is 0. The first-order valence-electron chi connectivity index (χ1n) is 6.72. The lowest BCUT2D eigenvalue weighted by molar-refractivity contribution is 0.860. The molecule has 4 heteroatoms. The lowest BCUT2D eigenvalue weighted by Crippen LogP contribution is -2.19. The maximum atomic E-state index is 5.70. The number of rotatable bonds is 5. The molecule has 0 unspecified atom stereocenters. The molecule has 2 aromatic rings. The molecule has 1 aromatic heterocycles. The normalized spacial score (nSPS) is 10.6. The second kappa shape index (κ2) is 6.86. The van der Waals surface area contributed by atoms with Crippen LogP contribution in [0.1, 0.15) is 17.0 Å². The van der Waals surface area contributed by atoms with Gasteiger partial charge in [0.1, 0.15) is 0 Å². The lowest BCUT2D eigenvalue weighted by Gasteiger charge is -2.22. The van der Waals surface area contributed by atoms with Gasteiger partial charge in [0.25, 0.3) is 0 Å². The number of aryl methyl sites for hydroxylation is 1. The molecule has 0 spiro atoms. The molecule has 0 aliphatic carbocycles. The summed E-state index contributed by atoms with van der Waals surface area (Å²) in [6.45, 7) is 3.46. The smallest absolute Gasteiger partial charge is 0.0600 e. The Morgan fingerprint density at radius 1 is 1.25 bits per heavy atom. The number of nitrogens with zero attached hydrogens (tertiary/aromatic N) is 2. The van der Waals surface area contributed by atoms with Crippen LogP contribution in [0.2, 0.25) is 0 Å². The molecule has 2 N–H and O–H groups in total. The predicted octanol–water partition coefficient (Wildman–Crippen LogP) is 3.29. The van der Waals surface area contributed by atoms with Crippen molar-refractivity contribution in [2.75, 3.05) is 18.5 Å². The van der Waals surface area contributed by atoms with E-state index in [1.54, 1.807) is 0 Å². The average molecular weight is 334 g/mol. The van der Waals surface area contributed by atoms with Gasteiger partial charge in [-0.25, -0.2) is 0 Å². The highest BCUT2D eigenvalue weighted by atomic mass is 79.9. The van der Waals surface area contributed by atoms with Crippen molar-refractivity contribution in [1.82, 2.24) is 4.98 Å². The Morgan fingerprint density at radius 3 is 2.75 bits per heavy atom. The zero-order valence-corrected chi connectivity index (χ0v) is 13.5. The van der Waals surface area contributed by atoms with Gasteiger partial charge in [-0.1, -0.05) is 28.1 Å². The Kier molecular flexibility index (Phi) is 5.15. The van der Waals surface area contributed by atoms with Gasteiger partial charge in [-0.05, 0) is 49.7 Å². The Labute approximate surface area is 129 Å². The Bertz CT molecular complexity index is 584. The number of pyridine rings is 1. The topological polar surface area (TPSA) is 42.1 Å². The molecule has 106 valence electrons.